The van der Waals surface area contributed by atoms with Crippen molar-refractivity contribution in [2.45, 2.75) is 19.9 Å². The summed E-state index contributed by atoms with van der Waals surface area (Å²) in [7, 11) is 0. The largest absolute Gasteiger partial charge is 0.327 e. The van der Waals surface area contributed by atoms with Crippen LogP contribution in [0.15, 0.2) is 36.7 Å². The zero-order chi connectivity index (χ0) is 12.3. The summed E-state index contributed by atoms with van der Waals surface area (Å²) < 4.78 is 1.86. The predicted molar refractivity (Wildman–Crippen MR) is 67.4 cm³/mol. The lowest BCUT2D eigenvalue weighted by atomic mass is 10.1. The Labute approximate surface area is 105 Å². The molecule has 1 heterocycles. The minimum Gasteiger partial charge on any atom is -0.327 e. The van der Waals surface area contributed by atoms with Crippen LogP contribution in [0.1, 0.15) is 23.1 Å². The van der Waals surface area contributed by atoms with Crippen molar-refractivity contribution in [2.24, 2.45) is 0 Å². The normalized spacial score (nSPS) is 10.5. The van der Waals surface area contributed by atoms with Gasteiger partial charge in [0, 0.05) is 29.4 Å². The third-order valence-electron chi connectivity index (χ3n) is 2.58. The molecule has 88 valence electrons. The van der Waals surface area contributed by atoms with Crippen molar-refractivity contribution in [1.82, 2.24) is 9.55 Å². The maximum Gasteiger partial charge on any atom is 0.182 e. The van der Waals surface area contributed by atoms with E-state index in [1.165, 1.54) is 0 Å². The molecule has 0 spiro atoms. The number of hydrogen-bond acceptors (Lipinski definition) is 2. The van der Waals surface area contributed by atoms with Crippen LogP contribution in [0.3, 0.4) is 0 Å². The molecule has 0 N–H and O–H groups in total. The minimum atomic E-state index is 0.0419. The minimum absolute atomic E-state index is 0.0419. The van der Waals surface area contributed by atoms with E-state index in [9.17, 15) is 4.79 Å². The van der Waals surface area contributed by atoms with E-state index >= 15 is 0 Å². The summed E-state index contributed by atoms with van der Waals surface area (Å²) in [6.45, 7) is 2.33. The van der Waals surface area contributed by atoms with Crippen LogP contribution in [0, 0.1) is 0 Å². The highest BCUT2D eigenvalue weighted by molar-refractivity contribution is 6.31. The Kier molecular flexibility index (Phi) is 3.59. The van der Waals surface area contributed by atoms with E-state index < -0.39 is 0 Å². The Morgan fingerprint density at radius 2 is 2.29 bits per heavy atom. The van der Waals surface area contributed by atoms with Gasteiger partial charge in [0.15, 0.2) is 5.78 Å². The molecule has 0 amide bonds. The van der Waals surface area contributed by atoms with Crippen molar-refractivity contribution in [2.75, 3.05) is 0 Å². The quantitative estimate of drug-likeness (QED) is 0.780. The van der Waals surface area contributed by atoms with Crippen LogP contribution in [0.4, 0.5) is 0 Å². The first kappa shape index (κ1) is 11.9. The molecule has 0 fully saturated rings. The number of benzene rings is 1. The number of hydrogen-bond donors (Lipinski definition) is 0. The van der Waals surface area contributed by atoms with Crippen molar-refractivity contribution in [3.05, 3.63) is 53.1 Å². The molecule has 3 nitrogen and oxygen atoms in total. The van der Waals surface area contributed by atoms with E-state index in [0.717, 1.165) is 12.2 Å². The molecule has 0 bridgehead atoms. The molecule has 0 unspecified atom stereocenters. The van der Waals surface area contributed by atoms with Gasteiger partial charge >= 0.3 is 0 Å². The molecule has 4 heteroatoms. The van der Waals surface area contributed by atoms with Crippen LogP contribution in [0.5, 0.6) is 0 Å². The standard InChI is InChI=1S/C13H13ClN2O/c1-2-13-15-6-7-16(13)9-12(17)10-4-3-5-11(14)8-10/h3-8H,2,9H2,1H3. The fourth-order valence-electron chi connectivity index (χ4n) is 1.71. The van der Waals surface area contributed by atoms with Crippen molar-refractivity contribution < 1.29 is 4.79 Å². The Morgan fingerprint density at radius 3 is 3.00 bits per heavy atom. The molecule has 0 aliphatic carbocycles. The molecule has 0 aliphatic rings. The second-order valence-electron chi connectivity index (χ2n) is 3.76. The van der Waals surface area contributed by atoms with E-state index in [1.807, 2.05) is 17.7 Å². The van der Waals surface area contributed by atoms with Gasteiger partial charge in [-0.2, -0.15) is 0 Å². The lowest BCUT2D eigenvalue weighted by Crippen LogP contribution is -2.12. The van der Waals surface area contributed by atoms with Gasteiger partial charge in [-0.05, 0) is 12.1 Å². The van der Waals surface area contributed by atoms with E-state index in [1.54, 1.807) is 30.5 Å². The third-order valence-corrected chi connectivity index (χ3v) is 2.81. The van der Waals surface area contributed by atoms with Crippen molar-refractivity contribution in [1.29, 1.82) is 0 Å². The molecule has 17 heavy (non-hydrogen) atoms. The molecule has 2 rings (SSSR count). The summed E-state index contributed by atoms with van der Waals surface area (Å²) >= 11 is 5.86. The van der Waals surface area contributed by atoms with Gasteiger partial charge in [-0.1, -0.05) is 30.7 Å². The van der Waals surface area contributed by atoms with Crippen molar-refractivity contribution in [3.63, 3.8) is 0 Å². The van der Waals surface area contributed by atoms with E-state index in [2.05, 4.69) is 4.98 Å². The lowest BCUT2D eigenvalue weighted by Gasteiger charge is -2.05. The van der Waals surface area contributed by atoms with E-state index in [4.69, 9.17) is 11.6 Å². The summed E-state index contributed by atoms with van der Waals surface area (Å²) in [5.74, 6) is 0.959. The first-order valence-corrected chi connectivity index (χ1v) is 5.87. The van der Waals surface area contributed by atoms with Gasteiger partial charge in [0.25, 0.3) is 0 Å². The predicted octanol–water partition coefficient (Wildman–Crippen LogP) is 2.98. The molecular formula is C13H13ClN2O. The average Bonchev–Trinajstić information content (AvgIpc) is 2.76. The second kappa shape index (κ2) is 5.15. The topological polar surface area (TPSA) is 34.9 Å². The highest BCUT2D eigenvalue weighted by Crippen LogP contribution is 2.12. The molecule has 1 aromatic heterocycles. The van der Waals surface area contributed by atoms with Gasteiger partial charge in [-0.3, -0.25) is 4.79 Å². The second-order valence-corrected chi connectivity index (χ2v) is 4.19. The molecule has 2 aromatic rings. The van der Waals surface area contributed by atoms with Crippen LogP contribution < -0.4 is 0 Å². The van der Waals surface area contributed by atoms with Gasteiger partial charge in [0.05, 0.1) is 6.54 Å². The summed E-state index contributed by atoms with van der Waals surface area (Å²) in [5.41, 5.74) is 0.633. The average molecular weight is 249 g/mol. The number of aryl methyl sites for hydroxylation is 1. The molecule has 1 aromatic carbocycles. The van der Waals surface area contributed by atoms with Crippen molar-refractivity contribution >= 4 is 17.4 Å². The number of imidazole rings is 1. The summed E-state index contributed by atoms with van der Waals surface area (Å²) in [6, 6.07) is 7.00. The summed E-state index contributed by atoms with van der Waals surface area (Å²) in [4.78, 5) is 16.2. The monoisotopic (exact) mass is 248 g/mol. The fraction of sp³-hybridized carbons (Fsp3) is 0.231. The molecule has 0 saturated heterocycles. The number of aromatic nitrogens is 2. The van der Waals surface area contributed by atoms with E-state index in [-0.39, 0.29) is 5.78 Å². The van der Waals surface area contributed by atoms with Gasteiger partial charge in [0.1, 0.15) is 5.82 Å². The summed E-state index contributed by atoms with van der Waals surface area (Å²) in [6.07, 6.45) is 4.35. The fourth-order valence-corrected chi connectivity index (χ4v) is 1.90. The van der Waals surface area contributed by atoms with Gasteiger partial charge < -0.3 is 4.57 Å². The molecule has 0 aliphatic heterocycles. The molecule has 0 atom stereocenters. The van der Waals surface area contributed by atoms with Crippen LogP contribution in [0.25, 0.3) is 0 Å². The van der Waals surface area contributed by atoms with Crippen LogP contribution in [0.2, 0.25) is 5.02 Å². The maximum absolute atomic E-state index is 12.0. The number of Topliss-reactive ketones (excluding diaryl/α,β-unsaturated/α-hetero) is 1. The van der Waals surface area contributed by atoms with Gasteiger partial charge in [0.2, 0.25) is 0 Å². The van der Waals surface area contributed by atoms with Gasteiger partial charge in [-0.25, -0.2) is 4.98 Å². The number of carbonyl (C=O) groups is 1. The Morgan fingerprint density at radius 1 is 1.47 bits per heavy atom. The Bertz CT molecular complexity index is 534. The number of carbonyl (C=O) groups excluding carboxylic acids is 1. The van der Waals surface area contributed by atoms with Crippen LogP contribution >= 0.6 is 11.6 Å². The van der Waals surface area contributed by atoms with E-state index in [0.29, 0.717) is 17.1 Å². The maximum atomic E-state index is 12.0. The Hall–Kier alpha value is -1.61. The number of halogens is 1. The molecular weight excluding hydrogens is 236 g/mol. The number of ketones is 1. The van der Waals surface area contributed by atoms with Crippen LogP contribution in [-0.4, -0.2) is 15.3 Å². The first-order valence-electron chi connectivity index (χ1n) is 5.49. The van der Waals surface area contributed by atoms with Crippen molar-refractivity contribution in [3.8, 4) is 0 Å². The summed E-state index contributed by atoms with van der Waals surface area (Å²) in [5, 5.41) is 0.581. The van der Waals surface area contributed by atoms with Crippen LogP contribution in [-0.2, 0) is 13.0 Å². The number of nitrogens with zero attached hydrogens (tertiary/aromatic N) is 2. The lowest BCUT2D eigenvalue weighted by molar-refractivity contribution is 0.0971. The zero-order valence-corrected chi connectivity index (χ0v) is 10.3. The molecule has 0 saturated carbocycles. The molecule has 0 radical (unpaired) electrons. The highest BCUT2D eigenvalue weighted by atomic mass is 35.5. The highest BCUT2D eigenvalue weighted by Gasteiger charge is 2.09. The smallest absolute Gasteiger partial charge is 0.182 e. The SMILES string of the molecule is CCc1nccn1CC(=O)c1cccc(Cl)c1. The first-order chi connectivity index (χ1) is 8.20. The third kappa shape index (κ3) is 2.74. The van der Waals surface area contributed by atoms with Gasteiger partial charge in [-0.15, -0.1) is 0 Å². The Balaban J connectivity index is 2.17. The zero-order valence-electron chi connectivity index (χ0n) is 9.56. The number of rotatable bonds is 4.